The zero-order valence-corrected chi connectivity index (χ0v) is 26.1. The normalized spacial score (nSPS) is 11.9. The molecule has 0 spiro atoms. The van der Waals surface area contributed by atoms with Gasteiger partial charge in [0, 0.05) is 24.5 Å². The quantitative estimate of drug-likeness (QED) is 0.214. The van der Waals surface area contributed by atoms with Crippen LogP contribution in [0.5, 0.6) is 0 Å². The van der Waals surface area contributed by atoms with Gasteiger partial charge in [-0.2, -0.15) is 0 Å². The molecule has 1 atom stereocenters. The summed E-state index contributed by atoms with van der Waals surface area (Å²) < 4.78 is 29.1. The summed E-state index contributed by atoms with van der Waals surface area (Å²) in [6.07, 6.45) is 0.256. The van der Waals surface area contributed by atoms with E-state index in [1.165, 1.54) is 17.0 Å². The Bertz CT molecular complexity index is 1660. The lowest BCUT2D eigenvalue weighted by Gasteiger charge is -2.34. The molecule has 224 valence electrons. The summed E-state index contributed by atoms with van der Waals surface area (Å²) in [5.74, 6) is -0.840. The molecule has 0 bridgehead atoms. The van der Waals surface area contributed by atoms with E-state index in [2.05, 4.69) is 5.32 Å². The highest BCUT2D eigenvalue weighted by molar-refractivity contribution is 7.92. The van der Waals surface area contributed by atoms with Gasteiger partial charge in [-0.15, -0.1) is 0 Å². The van der Waals surface area contributed by atoms with Crippen LogP contribution in [0, 0.1) is 13.8 Å². The lowest BCUT2D eigenvalue weighted by molar-refractivity contribution is -0.140. The minimum atomic E-state index is -4.18. The van der Waals surface area contributed by atoms with E-state index in [4.69, 9.17) is 11.6 Å². The molecule has 0 aliphatic carbocycles. The average molecular weight is 618 g/mol. The third kappa shape index (κ3) is 8.03. The Morgan fingerprint density at radius 1 is 0.837 bits per heavy atom. The molecule has 9 heteroatoms. The predicted octanol–water partition coefficient (Wildman–Crippen LogP) is 5.93. The van der Waals surface area contributed by atoms with Crippen LogP contribution in [0.4, 0.5) is 5.69 Å². The molecule has 0 aromatic heterocycles. The first-order valence-electron chi connectivity index (χ1n) is 14.1. The number of amides is 2. The van der Waals surface area contributed by atoms with E-state index >= 15 is 0 Å². The maximum atomic E-state index is 14.4. The van der Waals surface area contributed by atoms with E-state index in [-0.39, 0.29) is 29.5 Å². The molecule has 43 heavy (non-hydrogen) atoms. The van der Waals surface area contributed by atoms with Gasteiger partial charge in [0.1, 0.15) is 12.6 Å². The molecule has 2 amide bonds. The van der Waals surface area contributed by atoms with Crippen molar-refractivity contribution < 1.29 is 18.0 Å². The lowest BCUT2D eigenvalue weighted by atomic mass is 10.0. The molecule has 0 unspecified atom stereocenters. The molecule has 0 saturated carbocycles. The summed E-state index contributed by atoms with van der Waals surface area (Å²) in [5, 5.41) is 3.25. The van der Waals surface area contributed by atoms with Gasteiger partial charge in [0.05, 0.1) is 10.6 Å². The number of halogens is 1. The number of hydrogen-bond acceptors (Lipinski definition) is 4. The fraction of sp³-hybridized carbons (Fsp3) is 0.235. The molecule has 0 saturated heterocycles. The number of nitrogens with one attached hydrogen (secondary N) is 1. The van der Waals surface area contributed by atoms with Gasteiger partial charge in [-0.25, -0.2) is 8.42 Å². The summed E-state index contributed by atoms with van der Waals surface area (Å²) in [7, 11) is -4.18. The Morgan fingerprint density at radius 2 is 1.49 bits per heavy atom. The second kappa shape index (κ2) is 14.4. The fourth-order valence-electron chi connectivity index (χ4n) is 4.84. The number of carbonyl (C=O) groups is 2. The van der Waals surface area contributed by atoms with Crippen LogP contribution in [0.1, 0.15) is 29.2 Å². The summed E-state index contributed by atoms with van der Waals surface area (Å²) >= 11 is 6.42. The summed E-state index contributed by atoms with van der Waals surface area (Å²) in [5.41, 5.74) is 3.73. The third-order valence-corrected chi connectivity index (χ3v) is 9.31. The van der Waals surface area contributed by atoms with Crippen LogP contribution in [0.3, 0.4) is 0 Å². The second-order valence-electron chi connectivity index (χ2n) is 10.4. The van der Waals surface area contributed by atoms with Crippen LogP contribution in [-0.4, -0.2) is 44.3 Å². The first-order chi connectivity index (χ1) is 20.6. The topological polar surface area (TPSA) is 86.8 Å². The van der Waals surface area contributed by atoms with Gasteiger partial charge >= 0.3 is 0 Å². The van der Waals surface area contributed by atoms with Crippen LogP contribution in [0.25, 0.3) is 0 Å². The molecular formula is C34H36ClN3O4S. The van der Waals surface area contributed by atoms with Crippen molar-refractivity contribution in [3.8, 4) is 0 Å². The molecule has 0 fully saturated rings. The molecular weight excluding hydrogens is 582 g/mol. The minimum Gasteiger partial charge on any atom is -0.355 e. The molecule has 0 heterocycles. The molecule has 4 aromatic rings. The second-order valence-corrected chi connectivity index (χ2v) is 12.6. The third-order valence-electron chi connectivity index (χ3n) is 7.11. The summed E-state index contributed by atoms with van der Waals surface area (Å²) in [6.45, 7) is 5.55. The van der Waals surface area contributed by atoms with Gasteiger partial charge in [-0.3, -0.25) is 13.9 Å². The SMILES string of the molecule is CCNC(=O)[C@H](Cc1ccccc1)N(Cc1cccc(C)c1)C(=O)CN(c1ccc(C)c(Cl)c1)S(=O)(=O)c1ccccc1. The Kier molecular flexibility index (Phi) is 10.6. The average Bonchev–Trinajstić information content (AvgIpc) is 3.00. The highest BCUT2D eigenvalue weighted by Crippen LogP contribution is 2.29. The van der Waals surface area contributed by atoms with E-state index in [1.54, 1.807) is 36.4 Å². The summed E-state index contributed by atoms with van der Waals surface area (Å²) in [4.78, 5) is 29.5. The van der Waals surface area contributed by atoms with Gasteiger partial charge in [0.2, 0.25) is 11.8 Å². The van der Waals surface area contributed by atoms with Crippen molar-refractivity contribution in [2.75, 3.05) is 17.4 Å². The van der Waals surface area contributed by atoms with Crippen molar-refractivity contribution >= 4 is 39.1 Å². The highest BCUT2D eigenvalue weighted by Gasteiger charge is 2.34. The van der Waals surface area contributed by atoms with Crippen molar-refractivity contribution in [2.45, 2.75) is 44.7 Å². The van der Waals surface area contributed by atoms with Gasteiger partial charge < -0.3 is 10.2 Å². The molecule has 0 radical (unpaired) electrons. The number of sulfonamides is 1. The monoisotopic (exact) mass is 617 g/mol. The van der Waals surface area contributed by atoms with Crippen molar-refractivity contribution in [2.24, 2.45) is 0 Å². The van der Waals surface area contributed by atoms with Crippen molar-refractivity contribution in [3.63, 3.8) is 0 Å². The van der Waals surface area contributed by atoms with E-state index in [1.807, 2.05) is 75.4 Å². The van der Waals surface area contributed by atoms with Gasteiger partial charge in [0.25, 0.3) is 10.0 Å². The largest absolute Gasteiger partial charge is 0.355 e. The molecule has 4 aromatic carbocycles. The van der Waals surface area contributed by atoms with Gasteiger partial charge in [-0.05, 0) is 61.7 Å². The van der Waals surface area contributed by atoms with Crippen molar-refractivity contribution in [1.29, 1.82) is 0 Å². The number of rotatable bonds is 12. The number of aryl methyl sites for hydroxylation is 2. The standard InChI is InChI=1S/C34H36ClN3O4S/c1-4-36-34(40)32(21-27-13-7-5-8-14-27)37(23-28-15-11-12-25(2)20-28)33(39)24-38(29-19-18-26(3)31(35)22-29)43(41,42)30-16-9-6-10-17-30/h5-20,22,32H,4,21,23-24H2,1-3H3,(H,36,40)/t32-/m0/s1. The maximum absolute atomic E-state index is 14.4. The van der Waals surface area contributed by atoms with Gasteiger partial charge in [0.15, 0.2) is 0 Å². The smallest absolute Gasteiger partial charge is 0.264 e. The van der Waals surface area contributed by atoms with Crippen molar-refractivity contribution in [3.05, 3.63) is 130 Å². The van der Waals surface area contributed by atoms with Crippen LogP contribution in [0.15, 0.2) is 108 Å². The molecule has 0 aliphatic heterocycles. The first-order valence-corrected chi connectivity index (χ1v) is 15.9. The Labute approximate surface area is 259 Å². The highest BCUT2D eigenvalue weighted by atomic mass is 35.5. The minimum absolute atomic E-state index is 0.0364. The van der Waals surface area contributed by atoms with Crippen LogP contribution < -0.4 is 9.62 Å². The van der Waals surface area contributed by atoms with Crippen LogP contribution in [-0.2, 0) is 32.6 Å². The zero-order chi connectivity index (χ0) is 31.0. The molecule has 7 nitrogen and oxygen atoms in total. The maximum Gasteiger partial charge on any atom is 0.264 e. The number of carbonyl (C=O) groups excluding carboxylic acids is 2. The van der Waals surface area contributed by atoms with Crippen molar-refractivity contribution in [1.82, 2.24) is 10.2 Å². The number of nitrogens with zero attached hydrogens (tertiary/aromatic N) is 2. The first kappa shape index (κ1) is 31.8. The Balaban J connectivity index is 1.81. The van der Waals surface area contributed by atoms with Crippen LogP contribution in [0.2, 0.25) is 5.02 Å². The molecule has 4 rings (SSSR count). The van der Waals surface area contributed by atoms with Gasteiger partial charge in [-0.1, -0.05) is 96.0 Å². The molecule has 0 aliphatic rings. The number of anilines is 1. The van der Waals surface area contributed by atoms with Crippen LogP contribution >= 0.6 is 11.6 Å². The fourth-order valence-corrected chi connectivity index (χ4v) is 6.44. The Hall–Kier alpha value is -4.14. The van der Waals surface area contributed by atoms with E-state index in [0.29, 0.717) is 11.6 Å². The predicted molar refractivity (Wildman–Crippen MR) is 172 cm³/mol. The Morgan fingerprint density at radius 3 is 2.12 bits per heavy atom. The van der Waals surface area contributed by atoms with E-state index in [9.17, 15) is 18.0 Å². The lowest BCUT2D eigenvalue weighted by Crippen LogP contribution is -2.53. The molecule has 1 N–H and O–H groups in total. The number of likely N-dealkylation sites (N-methyl/N-ethyl adjacent to an activating group) is 1. The van der Waals surface area contributed by atoms with E-state index in [0.717, 1.165) is 26.6 Å². The van der Waals surface area contributed by atoms with E-state index < -0.39 is 28.5 Å². The number of hydrogen-bond donors (Lipinski definition) is 1. The summed E-state index contributed by atoms with van der Waals surface area (Å²) in [6, 6.07) is 29.1. The number of benzene rings is 4. The zero-order valence-electron chi connectivity index (χ0n) is 24.5.